The van der Waals surface area contributed by atoms with Crippen LogP contribution >= 0.6 is 0 Å². The number of carbonyl (C=O) groups excluding carboxylic acids is 1. The Balaban J connectivity index is 1.60. The summed E-state index contributed by atoms with van der Waals surface area (Å²) in [6.45, 7) is 1.92. The highest BCUT2D eigenvalue weighted by molar-refractivity contribution is 5.86. The van der Waals surface area contributed by atoms with Crippen LogP contribution in [0.25, 0.3) is 0 Å². The second kappa shape index (κ2) is 7.05. The zero-order chi connectivity index (χ0) is 17.1. The summed E-state index contributed by atoms with van der Waals surface area (Å²) in [7, 11) is 0. The first-order valence-electron chi connectivity index (χ1n) is 8.81. The van der Waals surface area contributed by atoms with Crippen molar-refractivity contribution >= 4 is 11.6 Å². The maximum absolute atomic E-state index is 13.1. The van der Waals surface area contributed by atoms with Crippen molar-refractivity contribution in [2.75, 3.05) is 25.2 Å². The molecule has 0 spiro atoms. The molecule has 2 aliphatic rings. The number of nitrogens with one attached hydrogen (secondary N) is 1. The predicted molar refractivity (Wildman–Crippen MR) is 95.8 cm³/mol. The van der Waals surface area contributed by atoms with Gasteiger partial charge in [-0.05, 0) is 37.0 Å². The molecular weight excluding hydrogens is 316 g/mol. The van der Waals surface area contributed by atoms with Crippen LogP contribution in [0.15, 0.2) is 48.5 Å². The van der Waals surface area contributed by atoms with E-state index in [2.05, 4.69) is 5.32 Å². The van der Waals surface area contributed by atoms with Gasteiger partial charge in [-0.15, -0.1) is 0 Å². The second-order valence-corrected chi connectivity index (χ2v) is 6.44. The summed E-state index contributed by atoms with van der Waals surface area (Å²) in [4.78, 5) is 15.1. The number of benzene rings is 2. The van der Waals surface area contributed by atoms with E-state index in [-0.39, 0.29) is 12.7 Å². The molecule has 0 bridgehead atoms. The van der Waals surface area contributed by atoms with Crippen LogP contribution in [0.5, 0.6) is 11.5 Å². The Bertz CT molecular complexity index is 742. The van der Waals surface area contributed by atoms with E-state index in [1.54, 1.807) is 0 Å². The highest BCUT2D eigenvalue weighted by Gasteiger charge is 2.27. The molecule has 4 rings (SSSR count). The van der Waals surface area contributed by atoms with Crippen LogP contribution in [0.1, 0.15) is 30.9 Å². The molecule has 2 aromatic rings. The number of hydrogen-bond acceptors (Lipinski definition) is 4. The normalized spacial score (nSPS) is 17.2. The second-order valence-electron chi connectivity index (χ2n) is 6.44. The molecule has 1 amide bonds. The molecular formula is C20H22N2O3. The molecule has 2 heterocycles. The lowest BCUT2D eigenvalue weighted by Gasteiger charge is -2.31. The lowest BCUT2D eigenvalue weighted by Crippen LogP contribution is -2.41. The molecule has 5 nitrogen and oxygen atoms in total. The van der Waals surface area contributed by atoms with Crippen molar-refractivity contribution in [2.45, 2.75) is 25.3 Å². The van der Waals surface area contributed by atoms with Crippen molar-refractivity contribution in [1.29, 1.82) is 0 Å². The number of carbonyl (C=O) groups is 1. The number of piperidine rings is 1. The fourth-order valence-corrected chi connectivity index (χ4v) is 3.38. The molecule has 0 aromatic heterocycles. The van der Waals surface area contributed by atoms with Gasteiger partial charge in [0.2, 0.25) is 12.7 Å². The molecule has 1 atom stereocenters. The molecule has 0 saturated carbocycles. The van der Waals surface area contributed by atoms with Gasteiger partial charge in [0, 0.05) is 24.8 Å². The van der Waals surface area contributed by atoms with Crippen molar-refractivity contribution in [3.05, 3.63) is 54.1 Å². The minimum Gasteiger partial charge on any atom is -0.454 e. The molecule has 2 aromatic carbocycles. The third kappa shape index (κ3) is 3.40. The highest BCUT2D eigenvalue weighted by Crippen LogP contribution is 2.35. The maximum atomic E-state index is 13.1. The van der Waals surface area contributed by atoms with Gasteiger partial charge in [0.05, 0.1) is 0 Å². The Kier molecular flexibility index (Phi) is 4.46. The average molecular weight is 338 g/mol. The predicted octanol–water partition coefficient (Wildman–Crippen LogP) is 3.58. The number of likely N-dealkylation sites (tertiary alicyclic amines) is 1. The van der Waals surface area contributed by atoms with E-state index in [9.17, 15) is 4.79 Å². The van der Waals surface area contributed by atoms with Crippen molar-refractivity contribution in [3.8, 4) is 11.5 Å². The summed E-state index contributed by atoms with van der Waals surface area (Å²) in [5.41, 5.74) is 1.82. The fourth-order valence-electron chi connectivity index (χ4n) is 3.38. The molecule has 1 N–H and O–H groups in total. The Hall–Kier alpha value is -2.69. The number of ether oxygens (including phenoxy) is 2. The van der Waals surface area contributed by atoms with E-state index in [0.717, 1.165) is 42.9 Å². The zero-order valence-electron chi connectivity index (χ0n) is 14.1. The zero-order valence-corrected chi connectivity index (χ0v) is 14.1. The van der Waals surface area contributed by atoms with Crippen LogP contribution < -0.4 is 14.8 Å². The largest absolute Gasteiger partial charge is 0.454 e. The summed E-state index contributed by atoms with van der Waals surface area (Å²) < 4.78 is 10.8. The molecule has 130 valence electrons. The van der Waals surface area contributed by atoms with Gasteiger partial charge in [-0.25, -0.2) is 0 Å². The summed E-state index contributed by atoms with van der Waals surface area (Å²) in [5, 5.41) is 3.40. The van der Waals surface area contributed by atoms with Crippen LogP contribution in [-0.4, -0.2) is 30.7 Å². The third-order valence-electron chi connectivity index (χ3n) is 4.73. The summed E-state index contributed by atoms with van der Waals surface area (Å²) in [5.74, 6) is 1.58. The van der Waals surface area contributed by atoms with Crippen LogP contribution in [0, 0.1) is 0 Å². The van der Waals surface area contributed by atoms with Crippen molar-refractivity contribution < 1.29 is 14.3 Å². The maximum Gasteiger partial charge on any atom is 0.249 e. The summed E-state index contributed by atoms with van der Waals surface area (Å²) in [6.07, 6.45) is 3.37. The minimum absolute atomic E-state index is 0.128. The molecule has 1 saturated heterocycles. The van der Waals surface area contributed by atoms with Gasteiger partial charge in [-0.2, -0.15) is 0 Å². The smallest absolute Gasteiger partial charge is 0.249 e. The molecule has 0 radical (unpaired) electrons. The Morgan fingerprint density at radius 1 is 0.960 bits per heavy atom. The average Bonchev–Trinajstić information content (AvgIpc) is 3.15. The molecule has 0 aliphatic carbocycles. The van der Waals surface area contributed by atoms with E-state index >= 15 is 0 Å². The minimum atomic E-state index is -0.403. The lowest BCUT2D eigenvalue weighted by molar-refractivity contribution is -0.133. The monoisotopic (exact) mass is 338 g/mol. The first kappa shape index (κ1) is 15.8. The molecule has 25 heavy (non-hydrogen) atoms. The van der Waals surface area contributed by atoms with Gasteiger partial charge in [0.15, 0.2) is 11.5 Å². The molecule has 0 unspecified atom stereocenters. The summed E-state index contributed by atoms with van der Waals surface area (Å²) in [6, 6.07) is 15.2. The fraction of sp³-hybridized carbons (Fsp3) is 0.350. The quantitative estimate of drug-likeness (QED) is 0.926. The highest BCUT2D eigenvalue weighted by atomic mass is 16.7. The SMILES string of the molecule is O=C([C@@H](Nc1ccc2c(c1)OCO2)c1ccccc1)N1CCCCC1. The Morgan fingerprint density at radius 2 is 1.72 bits per heavy atom. The Labute approximate surface area is 147 Å². The first-order chi connectivity index (χ1) is 12.3. The number of amides is 1. The molecule has 1 fully saturated rings. The van der Waals surface area contributed by atoms with Crippen molar-refractivity contribution in [3.63, 3.8) is 0 Å². The number of anilines is 1. The van der Waals surface area contributed by atoms with Gasteiger partial charge in [-0.3, -0.25) is 4.79 Å². The van der Waals surface area contributed by atoms with E-state index in [1.165, 1.54) is 6.42 Å². The van der Waals surface area contributed by atoms with Crippen molar-refractivity contribution in [1.82, 2.24) is 4.90 Å². The van der Waals surface area contributed by atoms with E-state index < -0.39 is 6.04 Å². The standard InChI is InChI=1S/C20H22N2O3/c23-20(22-11-5-2-6-12-22)19(15-7-3-1-4-8-15)21-16-9-10-17-18(13-16)25-14-24-17/h1,3-4,7-10,13,19,21H,2,5-6,11-12,14H2/t19-/m0/s1. The number of fused-ring (bicyclic) bond motifs is 1. The number of hydrogen-bond donors (Lipinski definition) is 1. The third-order valence-corrected chi connectivity index (χ3v) is 4.73. The number of rotatable bonds is 4. The van der Waals surface area contributed by atoms with E-state index in [4.69, 9.17) is 9.47 Å². The Morgan fingerprint density at radius 3 is 2.52 bits per heavy atom. The number of nitrogens with zero attached hydrogens (tertiary/aromatic N) is 1. The molecule has 5 heteroatoms. The van der Waals surface area contributed by atoms with Gasteiger partial charge < -0.3 is 19.7 Å². The van der Waals surface area contributed by atoms with Gasteiger partial charge in [0.25, 0.3) is 0 Å². The van der Waals surface area contributed by atoms with Crippen LogP contribution in [0.3, 0.4) is 0 Å². The summed E-state index contributed by atoms with van der Waals surface area (Å²) >= 11 is 0. The van der Waals surface area contributed by atoms with Crippen molar-refractivity contribution in [2.24, 2.45) is 0 Å². The van der Waals surface area contributed by atoms with Gasteiger partial charge >= 0.3 is 0 Å². The molecule has 2 aliphatic heterocycles. The van der Waals surface area contributed by atoms with E-state index in [0.29, 0.717) is 5.75 Å². The van der Waals surface area contributed by atoms with Gasteiger partial charge in [-0.1, -0.05) is 30.3 Å². The van der Waals surface area contributed by atoms with Crippen LogP contribution in [0.2, 0.25) is 0 Å². The van der Waals surface area contributed by atoms with Crippen LogP contribution in [-0.2, 0) is 4.79 Å². The van der Waals surface area contributed by atoms with Gasteiger partial charge in [0.1, 0.15) is 6.04 Å². The first-order valence-corrected chi connectivity index (χ1v) is 8.81. The lowest BCUT2D eigenvalue weighted by atomic mass is 10.0. The topological polar surface area (TPSA) is 50.8 Å². The van der Waals surface area contributed by atoms with Crippen LogP contribution in [0.4, 0.5) is 5.69 Å². The van der Waals surface area contributed by atoms with E-state index in [1.807, 2.05) is 53.4 Å².